The minimum atomic E-state index is -0.748. The summed E-state index contributed by atoms with van der Waals surface area (Å²) in [6, 6.07) is 8.72. The Kier molecular flexibility index (Phi) is 3.73. The minimum absolute atomic E-state index is 0.0546. The van der Waals surface area contributed by atoms with Gasteiger partial charge in [0.05, 0.1) is 16.8 Å². The van der Waals surface area contributed by atoms with E-state index in [1.165, 1.54) is 16.6 Å². The van der Waals surface area contributed by atoms with Crippen LogP contribution >= 0.6 is 0 Å². The first-order valence-electron chi connectivity index (χ1n) is 8.87. The van der Waals surface area contributed by atoms with Gasteiger partial charge in [-0.1, -0.05) is 18.2 Å². The zero-order valence-corrected chi connectivity index (χ0v) is 15.2. The molecule has 2 aromatic carbocycles. The number of anilines is 1. The zero-order valence-electron chi connectivity index (χ0n) is 15.2. The molecule has 0 aliphatic rings. The zero-order chi connectivity index (χ0) is 20.1. The number of nitrogens with zero attached hydrogens (tertiary/aromatic N) is 6. The van der Waals surface area contributed by atoms with Gasteiger partial charge in [0.15, 0.2) is 11.5 Å². The first-order valence-corrected chi connectivity index (χ1v) is 8.87. The number of halogens is 2. The van der Waals surface area contributed by atoms with Crippen LogP contribution in [0, 0.1) is 11.6 Å². The molecule has 0 unspecified atom stereocenters. The summed E-state index contributed by atoms with van der Waals surface area (Å²) in [6.45, 7) is 1.92. The topological polar surface area (TPSA) is 111 Å². The Labute approximate surface area is 162 Å². The molecule has 5 aromatic rings. The monoisotopic (exact) mass is 392 g/mol. The molecule has 0 aliphatic carbocycles. The van der Waals surface area contributed by atoms with Crippen LogP contribution in [0.1, 0.15) is 12.7 Å². The number of fused-ring (bicyclic) bond motifs is 2. The first kappa shape index (κ1) is 17.2. The average Bonchev–Trinajstić information content (AvgIpc) is 3.34. The summed E-state index contributed by atoms with van der Waals surface area (Å²) >= 11 is 0. The Morgan fingerprint density at radius 2 is 1.97 bits per heavy atom. The number of aromatic nitrogens is 7. The van der Waals surface area contributed by atoms with E-state index < -0.39 is 11.6 Å². The third-order valence-electron chi connectivity index (χ3n) is 4.67. The van der Waals surface area contributed by atoms with Gasteiger partial charge >= 0.3 is 0 Å². The number of hydrogen-bond donors (Lipinski definition) is 2. The summed E-state index contributed by atoms with van der Waals surface area (Å²) in [6.07, 6.45) is 0.588. The van der Waals surface area contributed by atoms with Gasteiger partial charge in [0, 0.05) is 18.1 Å². The van der Waals surface area contributed by atoms with Crippen LogP contribution in [0.2, 0.25) is 0 Å². The summed E-state index contributed by atoms with van der Waals surface area (Å²) < 4.78 is 29.6. The van der Waals surface area contributed by atoms with Gasteiger partial charge in [-0.15, -0.1) is 10.2 Å². The maximum absolute atomic E-state index is 14.6. The van der Waals surface area contributed by atoms with Gasteiger partial charge in [-0.25, -0.2) is 18.7 Å². The molecule has 0 aliphatic heterocycles. The molecule has 5 rings (SSSR count). The van der Waals surface area contributed by atoms with Gasteiger partial charge in [0.2, 0.25) is 5.95 Å². The van der Waals surface area contributed by atoms with E-state index in [-0.39, 0.29) is 17.2 Å². The summed E-state index contributed by atoms with van der Waals surface area (Å²) in [5.41, 5.74) is 9.46. The van der Waals surface area contributed by atoms with Crippen molar-refractivity contribution in [3.05, 3.63) is 53.9 Å². The van der Waals surface area contributed by atoms with Crippen molar-refractivity contribution < 1.29 is 8.78 Å². The predicted molar refractivity (Wildman–Crippen MR) is 103 cm³/mol. The molecule has 10 heteroatoms. The second kappa shape index (κ2) is 6.30. The van der Waals surface area contributed by atoms with Gasteiger partial charge in [-0.3, -0.25) is 5.10 Å². The molecule has 3 aromatic heterocycles. The van der Waals surface area contributed by atoms with Crippen molar-refractivity contribution in [3.8, 4) is 22.4 Å². The van der Waals surface area contributed by atoms with E-state index in [0.717, 1.165) is 6.07 Å². The summed E-state index contributed by atoms with van der Waals surface area (Å²) in [7, 11) is 0. The lowest BCUT2D eigenvalue weighted by atomic mass is 9.99. The molecule has 0 saturated carbocycles. The fraction of sp³-hybridized carbons (Fsp3) is 0.105. The van der Waals surface area contributed by atoms with Crippen molar-refractivity contribution in [1.82, 2.24) is 35.0 Å². The molecule has 0 amide bonds. The van der Waals surface area contributed by atoms with Crippen LogP contribution in [0.5, 0.6) is 0 Å². The van der Waals surface area contributed by atoms with E-state index in [2.05, 4.69) is 30.5 Å². The van der Waals surface area contributed by atoms with Crippen molar-refractivity contribution in [2.24, 2.45) is 0 Å². The fourth-order valence-electron chi connectivity index (χ4n) is 3.29. The van der Waals surface area contributed by atoms with Crippen molar-refractivity contribution in [3.63, 3.8) is 0 Å². The maximum atomic E-state index is 14.6. The Morgan fingerprint density at radius 1 is 1.10 bits per heavy atom. The minimum Gasteiger partial charge on any atom is -0.368 e. The fourth-order valence-corrected chi connectivity index (χ4v) is 3.29. The van der Waals surface area contributed by atoms with Crippen LogP contribution in [0.25, 0.3) is 39.1 Å². The van der Waals surface area contributed by atoms with Gasteiger partial charge in [-0.05, 0) is 29.8 Å². The number of hydrogen-bond acceptors (Lipinski definition) is 6. The molecule has 0 bridgehead atoms. The summed E-state index contributed by atoms with van der Waals surface area (Å²) in [5.74, 6) is -0.802. The molecule has 0 fully saturated rings. The molecule has 0 spiro atoms. The lowest BCUT2D eigenvalue weighted by Gasteiger charge is -2.12. The molecule has 29 heavy (non-hydrogen) atoms. The largest absolute Gasteiger partial charge is 0.368 e. The van der Waals surface area contributed by atoms with Crippen LogP contribution in [-0.4, -0.2) is 35.0 Å². The number of benzene rings is 2. The Bertz CT molecular complexity index is 1390. The number of nitrogen functional groups attached to an aromatic ring is 1. The molecule has 0 atom stereocenters. The molecular formula is C19H14F2N8. The van der Waals surface area contributed by atoms with E-state index in [1.54, 1.807) is 6.07 Å². The highest BCUT2D eigenvalue weighted by atomic mass is 19.1. The normalized spacial score (nSPS) is 11.6. The van der Waals surface area contributed by atoms with Gasteiger partial charge in [-0.2, -0.15) is 4.52 Å². The Hall–Kier alpha value is -3.95. The smallest absolute Gasteiger partial charge is 0.223 e. The number of nitrogens with one attached hydrogen (secondary N) is 1. The predicted octanol–water partition coefficient (Wildman–Crippen LogP) is 3.15. The quantitative estimate of drug-likeness (QED) is 0.488. The SMILES string of the molecule is CCc1nc2c(-c3ccc4nn[nH]c4c3)c(-c3ccc(F)cc3F)nc(N)n2n1. The Morgan fingerprint density at radius 3 is 2.76 bits per heavy atom. The molecule has 0 radical (unpaired) electrons. The van der Waals surface area contributed by atoms with Crippen molar-refractivity contribution >= 4 is 22.6 Å². The van der Waals surface area contributed by atoms with Crippen LogP contribution < -0.4 is 5.73 Å². The van der Waals surface area contributed by atoms with Crippen LogP contribution in [0.3, 0.4) is 0 Å². The first-order chi connectivity index (χ1) is 14.0. The maximum Gasteiger partial charge on any atom is 0.223 e. The lowest BCUT2D eigenvalue weighted by Crippen LogP contribution is -2.06. The van der Waals surface area contributed by atoms with Gasteiger partial charge in [0.25, 0.3) is 0 Å². The van der Waals surface area contributed by atoms with Crippen molar-refractivity contribution in [2.45, 2.75) is 13.3 Å². The van der Waals surface area contributed by atoms with Crippen LogP contribution in [0.4, 0.5) is 14.7 Å². The molecule has 0 saturated heterocycles. The number of aromatic amines is 1. The van der Waals surface area contributed by atoms with Crippen LogP contribution in [-0.2, 0) is 6.42 Å². The molecule has 3 heterocycles. The molecule has 8 nitrogen and oxygen atoms in total. The average molecular weight is 392 g/mol. The second-order valence-corrected chi connectivity index (χ2v) is 6.48. The molecule has 3 N–H and O–H groups in total. The third kappa shape index (κ3) is 2.68. The lowest BCUT2D eigenvalue weighted by molar-refractivity contribution is 0.585. The van der Waals surface area contributed by atoms with Crippen molar-refractivity contribution in [2.75, 3.05) is 5.73 Å². The highest BCUT2D eigenvalue weighted by Crippen LogP contribution is 2.36. The summed E-state index contributed by atoms with van der Waals surface area (Å²) in [4.78, 5) is 8.95. The van der Waals surface area contributed by atoms with E-state index in [4.69, 9.17) is 5.73 Å². The standard InChI is InChI=1S/C19H14F2N8/c1-2-15-23-18-16(9-3-6-13-14(7-9)26-28-25-13)17(24-19(22)29(18)27-15)11-5-4-10(20)8-12(11)21/h3-8H,2H2,1H3,(H2,22,24)(H,25,26,28). The van der Waals surface area contributed by atoms with E-state index in [1.807, 2.05) is 19.1 Å². The summed E-state index contributed by atoms with van der Waals surface area (Å²) in [5, 5.41) is 14.9. The van der Waals surface area contributed by atoms with Crippen molar-refractivity contribution in [1.29, 1.82) is 0 Å². The number of rotatable bonds is 3. The second-order valence-electron chi connectivity index (χ2n) is 6.48. The van der Waals surface area contributed by atoms with E-state index in [0.29, 0.717) is 40.1 Å². The highest BCUT2D eigenvalue weighted by molar-refractivity contribution is 5.93. The number of H-pyrrole nitrogens is 1. The molecular weight excluding hydrogens is 378 g/mol. The Balaban J connectivity index is 1.89. The van der Waals surface area contributed by atoms with Gasteiger partial charge in [0.1, 0.15) is 17.2 Å². The van der Waals surface area contributed by atoms with Gasteiger partial charge < -0.3 is 5.73 Å². The highest BCUT2D eigenvalue weighted by Gasteiger charge is 2.22. The van der Waals surface area contributed by atoms with E-state index >= 15 is 0 Å². The van der Waals surface area contributed by atoms with Crippen LogP contribution in [0.15, 0.2) is 36.4 Å². The third-order valence-corrected chi connectivity index (χ3v) is 4.67. The van der Waals surface area contributed by atoms with E-state index in [9.17, 15) is 8.78 Å². The number of nitrogens with two attached hydrogens (primary N) is 1. The molecule has 144 valence electrons. The number of aryl methyl sites for hydroxylation is 1.